The van der Waals surface area contributed by atoms with Crippen molar-refractivity contribution >= 4 is 17.5 Å². The summed E-state index contributed by atoms with van der Waals surface area (Å²) in [5, 5.41) is 0. The average molecular weight is 598 g/mol. The molecule has 1 unspecified atom stereocenters. The van der Waals surface area contributed by atoms with E-state index in [1.54, 1.807) is 11.0 Å². The number of rotatable bonds is 26. The van der Waals surface area contributed by atoms with Gasteiger partial charge in [-0.25, -0.2) is 0 Å². The Bertz CT molecular complexity index is 916. The molecule has 0 aromatic rings. The van der Waals surface area contributed by atoms with Gasteiger partial charge in [0, 0.05) is 5.92 Å². The standard InChI is InChI=1S/C37H59NO5/c1-6-11-13-15-17-19-25-42-34(9-4)29-38(30-37(41)43-26-20-18-16-14-12-7-2)28-33(39)23-22-32-27-31(8-3)21-24-35(32)36(40)10-5/h8,10,22-23,31-32,35H,3-7,11-21,24-30H2,1-2H3/t31-,32+,35?/m1/s1. The molecule has 43 heavy (non-hydrogen) atoms. The van der Waals surface area contributed by atoms with Gasteiger partial charge >= 0.3 is 5.97 Å². The molecule has 0 N–H and O–H groups in total. The average Bonchev–Trinajstić information content (AvgIpc) is 3.01. The molecule has 0 aromatic carbocycles. The summed E-state index contributed by atoms with van der Waals surface area (Å²) in [5.74, 6) is 0.133. The minimum atomic E-state index is -0.359. The van der Waals surface area contributed by atoms with Crippen molar-refractivity contribution in [2.24, 2.45) is 17.8 Å². The van der Waals surface area contributed by atoms with Gasteiger partial charge in [-0.15, -0.1) is 6.58 Å². The zero-order chi connectivity index (χ0) is 31.7. The van der Waals surface area contributed by atoms with E-state index in [0.29, 0.717) is 24.9 Å². The van der Waals surface area contributed by atoms with Crippen molar-refractivity contribution in [3.05, 3.63) is 55.5 Å². The van der Waals surface area contributed by atoms with Crippen LogP contribution in [0.1, 0.15) is 110 Å². The normalized spacial score (nSPS) is 18.3. The van der Waals surface area contributed by atoms with Crippen LogP contribution < -0.4 is 0 Å². The van der Waals surface area contributed by atoms with Crippen molar-refractivity contribution in [1.82, 2.24) is 4.90 Å². The second-order valence-corrected chi connectivity index (χ2v) is 11.9. The van der Waals surface area contributed by atoms with Crippen molar-refractivity contribution in [2.45, 2.75) is 110 Å². The van der Waals surface area contributed by atoms with E-state index < -0.39 is 0 Å². The van der Waals surface area contributed by atoms with E-state index in [9.17, 15) is 14.4 Å². The van der Waals surface area contributed by atoms with E-state index in [2.05, 4.69) is 39.3 Å². The lowest BCUT2D eigenvalue weighted by Gasteiger charge is -2.32. The second-order valence-electron chi connectivity index (χ2n) is 11.9. The first-order valence-electron chi connectivity index (χ1n) is 16.8. The maximum Gasteiger partial charge on any atom is 0.320 e. The predicted molar refractivity (Wildman–Crippen MR) is 177 cm³/mol. The number of ether oxygens (including phenoxy) is 2. The Morgan fingerprint density at radius 1 is 0.814 bits per heavy atom. The van der Waals surface area contributed by atoms with Crippen molar-refractivity contribution in [1.29, 1.82) is 0 Å². The van der Waals surface area contributed by atoms with Crippen LogP contribution in [0.25, 0.3) is 0 Å². The van der Waals surface area contributed by atoms with Gasteiger partial charge in [-0.2, -0.15) is 0 Å². The van der Waals surface area contributed by atoms with Gasteiger partial charge in [-0.1, -0.05) is 109 Å². The van der Waals surface area contributed by atoms with E-state index >= 15 is 0 Å². The molecule has 0 aromatic heterocycles. The topological polar surface area (TPSA) is 72.9 Å². The fourth-order valence-electron chi connectivity index (χ4n) is 5.57. The van der Waals surface area contributed by atoms with Crippen LogP contribution in [-0.4, -0.2) is 55.3 Å². The van der Waals surface area contributed by atoms with Crippen molar-refractivity contribution in [3.63, 3.8) is 0 Å². The summed E-state index contributed by atoms with van der Waals surface area (Å²) in [7, 11) is 0. The number of allylic oxidation sites excluding steroid dienone is 3. The third-order valence-corrected chi connectivity index (χ3v) is 8.20. The summed E-state index contributed by atoms with van der Waals surface area (Å²) in [6.45, 7) is 16.9. The molecule has 0 saturated heterocycles. The van der Waals surface area contributed by atoms with Crippen LogP contribution in [0.5, 0.6) is 0 Å². The van der Waals surface area contributed by atoms with E-state index in [0.717, 1.165) is 51.4 Å². The molecule has 242 valence electrons. The molecule has 6 nitrogen and oxygen atoms in total. The highest BCUT2D eigenvalue weighted by molar-refractivity contribution is 5.93. The van der Waals surface area contributed by atoms with Crippen LogP contribution in [0, 0.1) is 17.8 Å². The highest BCUT2D eigenvalue weighted by Gasteiger charge is 2.31. The van der Waals surface area contributed by atoms with E-state index in [1.807, 2.05) is 12.2 Å². The maximum absolute atomic E-state index is 13.1. The maximum atomic E-state index is 13.1. The molecule has 0 radical (unpaired) electrons. The molecular weight excluding hydrogens is 538 g/mol. The van der Waals surface area contributed by atoms with Crippen LogP contribution in [0.15, 0.2) is 55.5 Å². The first kappa shape index (κ1) is 38.3. The first-order chi connectivity index (χ1) is 20.9. The van der Waals surface area contributed by atoms with Crippen molar-refractivity contribution in [2.75, 3.05) is 32.8 Å². The predicted octanol–water partition coefficient (Wildman–Crippen LogP) is 8.34. The van der Waals surface area contributed by atoms with E-state index in [-0.39, 0.29) is 49.0 Å². The van der Waals surface area contributed by atoms with E-state index in [1.165, 1.54) is 51.0 Å². The number of esters is 1. The number of hydrogen-bond donors (Lipinski definition) is 0. The number of nitrogens with zero attached hydrogens (tertiary/aromatic N) is 1. The molecule has 1 saturated carbocycles. The fourth-order valence-corrected chi connectivity index (χ4v) is 5.57. The molecule has 0 aliphatic heterocycles. The second kappa shape index (κ2) is 24.7. The number of carbonyl (C=O) groups excluding carboxylic acids is 3. The minimum Gasteiger partial charge on any atom is -0.489 e. The highest BCUT2D eigenvalue weighted by Crippen LogP contribution is 2.36. The van der Waals surface area contributed by atoms with Crippen LogP contribution >= 0.6 is 0 Å². The Morgan fingerprint density at radius 2 is 1.42 bits per heavy atom. The number of ketones is 2. The monoisotopic (exact) mass is 597 g/mol. The minimum absolute atomic E-state index is 0.0163. The lowest BCUT2D eigenvalue weighted by atomic mass is 9.72. The Labute approximate surface area is 262 Å². The smallest absolute Gasteiger partial charge is 0.320 e. The molecule has 1 aliphatic carbocycles. The zero-order valence-corrected chi connectivity index (χ0v) is 27.3. The lowest BCUT2D eigenvalue weighted by molar-refractivity contribution is -0.145. The van der Waals surface area contributed by atoms with Gasteiger partial charge < -0.3 is 9.47 Å². The van der Waals surface area contributed by atoms with Crippen LogP contribution in [0.3, 0.4) is 0 Å². The van der Waals surface area contributed by atoms with Gasteiger partial charge in [-0.3, -0.25) is 19.3 Å². The van der Waals surface area contributed by atoms with Crippen molar-refractivity contribution in [3.8, 4) is 0 Å². The first-order valence-corrected chi connectivity index (χ1v) is 16.8. The van der Waals surface area contributed by atoms with Gasteiger partial charge in [0.1, 0.15) is 0 Å². The Morgan fingerprint density at radius 3 is 2.00 bits per heavy atom. The lowest BCUT2D eigenvalue weighted by Crippen LogP contribution is -2.37. The van der Waals surface area contributed by atoms with Crippen LogP contribution in [0.2, 0.25) is 0 Å². The third-order valence-electron chi connectivity index (χ3n) is 8.20. The molecule has 1 aliphatic rings. The molecule has 0 bridgehead atoms. The summed E-state index contributed by atoms with van der Waals surface area (Å²) in [4.78, 5) is 40.0. The van der Waals surface area contributed by atoms with Gasteiger partial charge in [0.25, 0.3) is 0 Å². The quantitative estimate of drug-likeness (QED) is 0.0249. The Hall–Kier alpha value is -2.69. The molecule has 3 atom stereocenters. The molecule has 0 spiro atoms. The summed E-state index contributed by atoms with van der Waals surface area (Å²) < 4.78 is 11.4. The Balaban J connectivity index is 2.78. The summed E-state index contributed by atoms with van der Waals surface area (Å²) in [6.07, 6.45) is 22.8. The van der Waals surface area contributed by atoms with Gasteiger partial charge in [0.15, 0.2) is 17.3 Å². The number of hydrogen-bond acceptors (Lipinski definition) is 6. The van der Waals surface area contributed by atoms with Crippen LogP contribution in [-0.2, 0) is 23.9 Å². The van der Waals surface area contributed by atoms with Gasteiger partial charge in [0.2, 0.25) is 0 Å². The van der Waals surface area contributed by atoms with Crippen LogP contribution in [0.4, 0.5) is 0 Å². The van der Waals surface area contributed by atoms with Crippen molar-refractivity contribution < 1.29 is 23.9 Å². The number of carbonyl (C=O) groups is 3. The largest absolute Gasteiger partial charge is 0.489 e. The number of unbranched alkanes of at least 4 members (excludes halogenated alkanes) is 10. The van der Waals surface area contributed by atoms with Gasteiger partial charge in [-0.05, 0) is 56.1 Å². The molecular formula is C37H59NO5. The zero-order valence-electron chi connectivity index (χ0n) is 27.3. The summed E-state index contributed by atoms with van der Waals surface area (Å²) >= 11 is 0. The van der Waals surface area contributed by atoms with E-state index in [4.69, 9.17) is 9.47 Å². The molecule has 1 rings (SSSR count). The molecule has 1 fully saturated rings. The Kier molecular flexibility index (Phi) is 22.0. The molecule has 6 heteroatoms. The molecule has 0 amide bonds. The fraction of sp³-hybridized carbons (Fsp3) is 0.676. The summed E-state index contributed by atoms with van der Waals surface area (Å²) in [6, 6.07) is 0. The SMILES string of the molecule is C=C=C(CN(CC(=O)C=C[C@H]1C[C@H](C=C)CCC1C(=O)C=C)CC(=O)OCCCCCCCC)OCCCCCCCC. The molecule has 0 heterocycles. The van der Waals surface area contributed by atoms with Gasteiger partial charge in [0.05, 0.1) is 32.8 Å². The summed E-state index contributed by atoms with van der Waals surface area (Å²) in [5.41, 5.74) is 2.85. The highest BCUT2D eigenvalue weighted by atomic mass is 16.5. The third kappa shape index (κ3) is 17.9.